The van der Waals surface area contributed by atoms with E-state index in [1.54, 1.807) is 0 Å². The summed E-state index contributed by atoms with van der Waals surface area (Å²) in [6, 6.07) is 2.30. The Hall–Kier alpha value is -2.98. The van der Waals surface area contributed by atoms with Gasteiger partial charge in [0.05, 0.1) is 6.04 Å². The summed E-state index contributed by atoms with van der Waals surface area (Å²) >= 11 is 0. The van der Waals surface area contributed by atoms with Gasteiger partial charge in [-0.3, -0.25) is 9.36 Å². The quantitative estimate of drug-likeness (QED) is 0.571. The number of alkyl halides is 3. The molecule has 11 heteroatoms. The number of carbonyl (C=O) groups excluding carboxylic acids is 1. The van der Waals surface area contributed by atoms with Crippen molar-refractivity contribution < 1.29 is 26.7 Å². The van der Waals surface area contributed by atoms with E-state index in [1.807, 2.05) is 0 Å². The first kappa shape index (κ1) is 20.7. The summed E-state index contributed by atoms with van der Waals surface area (Å²) in [6.07, 6.45) is -2.00. The third kappa shape index (κ3) is 4.38. The zero-order valence-corrected chi connectivity index (χ0v) is 15.3. The first-order valence-corrected chi connectivity index (χ1v) is 8.72. The maximum absolute atomic E-state index is 13.6. The van der Waals surface area contributed by atoms with Crippen LogP contribution < -0.4 is 5.69 Å². The zero-order valence-electron chi connectivity index (χ0n) is 15.3. The fraction of sp³-hybridized carbons (Fsp3) is 0.389. The Kier molecular flexibility index (Phi) is 5.58. The Morgan fingerprint density at radius 2 is 1.86 bits per heavy atom. The summed E-state index contributed by atoms with van der Waals surface area (Å²) < 4.78 is 66.7. The van der Waals surface area contributed by atoms with Crippen LogP contribution in [0.1, 0.15) is 30.3 Å². The highest BCUT2D eigenvalue weighted by Gasteiger charge is 2.39. The average Bonchev–Trinajstić information content (AvgIpc) is 2.97. The monoisotopic (exact) mass is 416 g/mol. The van der Waals surface area contributed by atoms with Crippen molar-refractivity contribution in [1.82, 2.24) is 19.2 Å². The van der Waals surface area contributed by atoms with Gasteiger partial charge in [0.25, 0.3) is 0 Å². The Morgan fingerprint density at radius 3 is 2.45 bits per heavy atom. The molecule has 0 radical (unpaired) electrons. The number of hydrogen-bond donors (Lipinski definition) is 0. The molecular formula is C18H17F5N4O2. The number of likely N-dealkylation sites (tertiary alicyclic amines) is 1. The van der Waals surface area contributed by atoms with Crippen molar-refractivity contribution in [3.8, 4) is 0 Å². The van der Waals surface area contributed by atoms with Crippen molar-refractivity contribution in [2.45, 2.75) is 25.1 Å². The lowest BCUT2D eigenvalue weighted by Gasteiger charge is -2.30. The number of halogens is 5. The van der Waals surface area contributed by atoms with Crippen molar-refractivity contribution in [2.24, 2.45) is 7.05 Å². The molecule has 6 nitrogen and oxygen atoms in total. The molecule has 0 unspecified atom stereocenters. The zero-order chi connectivity index (χ0) is 21.3. The van der Waals surface area contributed by atoms with Crippen molar-refractivity contribution in [3.05, 3.63) is 57.8 Å². The summed E-state index contributed by atoms with van der Waals surface area (Å²) in [7, 11) is 1.00. The number of carbonyl (C=O) groups is 1. The lowest BCUT2D eigenvalue weighted by Crippen LogP contribution is -2.40. The van der Waals surface area contributed by atoms with Crippen molar-refractivity contribution in [2.75, 3.05) is 13.1 Å². The fourth-order valence-electron chi connectivity index (χ4n) is 3.18. The van der Waals surface area contributed by atoms with Gasteiger partial charge in [-0.2, -0.15) is 13.2 Å². The smallest absolute Gasteiger partial charge is 0.339 e. The summed E-state index contributed by atoms with van der Waals surface area (Å²) in [6.45, 7) is 0.369. The standard InChI is InChI=1S/C18H17F5N4O2/c1-25-16(18(21,22)23)24-27(17(25)29)13-6-8-26(9-7-13)15(28)5-2-11-10-12(19)3-4-14(11)20/h2-5,10,13H,6-9H2,1H3/b5-2+. The van der Waals surface area contributed by atoms with Gasteiger partial charge in [-0.1, -0.05) is 0 Å². The van der Waals surface area contributed by atoms with Gasteiger partial charge in [-0.25, -0.2) is 18.3 Å². The molecule has 0 aliphatic carbocycles. The van der Waals surface area contributed by atoms with Crippen LogP contribution in [0, 0.1) is 11.6 Å². The molecule has 1 aliphatic rings. The van der Waals surface area contributed by atoms with Gasteiger partial charge < -0.3 is 4.90 Å². The summed E-state index contributed by atoms with van der Waals surface area (Å²) in [4.78, 5) is 25.7. The Balaban J connectivity index is 1.66. The van der Waals surface area contributed by atoms with Crippen LogP contribution in [0.5, 0.6) is 0 Å². The predicted molar refractivity (Wildman–Crippen MR) is 92.7 cm³/mol. The van der Waals surface area contributed by atoms with E-state index in [0.29, 0.717) is 4.57 Å². The molecule has 2 heterocycles. The number of piperidine rings is 1. The third-order valence-corrected chi connectivity index (χ3v) is 4.74. The van der Waals surface area contributed by atoms with E-state index in [-0.39, 0.29) is 31.5 Å². The maximum Gasteiger partial charge on any atom is 0.451 e. The van der Waals surface area contributed by atoms with E-state index in [4.69, 9.17) is 0 Å². The van der Waals surface area contributed by atoms with Crippen LogP contribution in [-0.4, -0.2) is 38.2 Å². The summed E-state index contributed by atoms with van der Waals surface area (Å²) in [5.41, 5.74) is -0.948. The normalized spacial score (nSPS) is 16.0. The molecule has 3 rings (SSSR count). The molecule has 1 aromatic heterocycles. The Bertz CT molecular complexity index is 1000. The van der Waals surface area contributed by atoms with Crippen LogP contribution in [-0.2, 0) is 18.0 Å². The lowest BCUT2D eigenvalue weighted by atomic mass is 10.1. The maximum atomic E-state index is 13.6. The van der Waals surface area contributed by atoms with Crippen LogP contribution in [0.15, 0.2) is 29.1 Å². The minimum Gasteiger partial charge on any atom is -0.339 e. The molecule has 0 spiro atoms. The lowest BCUT2D eigenvalue weighted by molar-refractivity contribution is -0.147. The Morgan fingerprint density at radius 1 is 1.21 bits per heavy atom. The van der Waals surface area contributed by atoms with Gasteiger partial charge in [0.2, 0.25) is 11.7 Å². The van der Waals surface area contributed by atoms with Crippen LogP contribution in [0.3, 0.4) is 0 Å². The molecule has 0 saturated carbocycles. The third-order valence-electron chi connectivity index (χ3n) is 4.74. The number of nitrogens with zero attached hydrogens (tertiary/aromatic N) is 4. The predicted octanol–water partition coefficient (Wildman–Crippen LogP) is 2.76. The molecule has 2 aromatic rings. The largest absolute Gasteiger partial charge is 0.451 e. The summed E-state index contributed by atoms with van der Waals surface area (Å²) in [5, 5.41) is 3.42. The molecule has 1 amide bonds. The Labute approximate surface area is 161 Å². The number of benzene rings is 1. The highest BCUT2D eigenvalue weighted by Crippen LogP contribution is 2.28. The second kappa shape index (κ2) is 7.80. The molecular weight excluding hydrogens is 399 g/mol. The molecule has 0 N–H and O–H groups in total. The van der Waals surface area contributed by atoms with Gasteiger partial charge in [-0.05, 0) is 37.1 Å². The highest BCUT2D eigenvalue weighted by atomic mass is 19.4. The van der Waals surface area contributed by atoms with Gasteiger partial charge >= 0.3 is 11.9 Å². The van der Waals surface area contributed by atoms with Gasteiger partial charge in [0.15, 0.2) is 0 Å². The number of amides is 1. The molecule has 1 aliphatic heterocycles. The van der Waals surface area contributed by atoms with Crippen LogP contribution in [0.25, 0.3) is 6.08 Å². The summed E-state index contributed by atoms with van der Waals surface area (Å²) in [5.74, 6) is -3.04. The van der Waals surface area contributed by atoms with E-state index in [0.717, 1.165) is 42.1 Å². The van der Waals surface area contributed by atoms with Crippen molar-refractivity contribution in [3.63, 3.8) is 0 Å². The molecule has 1 fully saturated rings. The minimum atomic E-state index is -4.74. The van der Waals surface area contributed by atoms with E-state index in [1.165, 1.54) is 4.90 Å². The molecule has 0 bridgehead atoms. The van der Waals surface area contributed by atoms with Gasteiger partial charge in [0, 0.05) is 31.8 Å². The highest BCUT2D eigenvalue weighted by molar-refractivity contribution is 5.91. The van der Waals surface area contributed by atoms with Gasteiger partial charge in [0.1, 0.15) is 11.6 Å². The second-order valence-electron chi connectivity index (χ2n) is 6.66. The topological polar surface area (TPSA) is 60.1 Å². The molecule has 29 heavy (non-hydrogen) atoms. The number of aromatic nitrogens is 3. The van der Waals surface area contributed by atoms with Crippen molar-refractivity contribution >= 4 is 12.0 Å². The van der Waals surface area contributed by atoms with Crippen LogP contribution >= 0.6 is 0 Å². The SMILES string of the molecule is Cn1c(C(F)(F)F)nn(C2CCN(C(=O)/C=C/c3cc(F)ccc3F)CC2)c1=O. The van der Waals surface area contributed by atoms with Gasteiger partial charge in [-0.15, -0.1) is 5.10 Å². The van der Waals surface area contributed by atoms with Crippen LogP contribution in [0.2, 0.25) is 0 Å². The molecule has 0 atom stereocenters. The molecule has 1 saturated heterocycles. The van der Waals surface area contributed by atoms with E-state index in [9.17, 15) is 31.5 Å². The first-order valence-electron chi connectivity index (χ1n) is 8.72. The number of hydrogen-bond acceptors (Lipinski definition) is 3. The van der Waals surface area contributed by atoms with Crippen LogP contribution in [0.4, 0.5) is 22.0 Å². The molecule has 1 aromatic carbocycles. The minimum absolute atomic E-state index is 0.0760. The second-order valence-corrected chi connectivity index (χ2v) is 6.66. The van der Waals surface area contributed by atoms with E-state index < -0.39 is 41.3 Å². The van der Waals surface area contributed by atoms with E-state index >= 15 is 0 Å². The molecule has 156 valence electrons. The number of rotatable bonds is 3. The first-order chi connectivity index (χ1) is 13.6. The fourth-order valence-corrected chi connectivity index (χ4v) is 3.18. The average molecular weight is 416 g/mol. The van der Waals surface area contributed by atoms with E-state index in [2.05, 4.69) is 5.10 Å². The van der Waals surface area contributed by atoms with Crippen molar-refractivity contribution in [1.29, 1.82) is 0 Å².